The summed E-state index contributed by atoms with van der Waals surface area (Å²) in [6.07, 6.45) is 1.48. The SMILES string of the molecule is CCOC(=O)C1CCN(C(=O)C2CNC2)CC1.Cl. The number of carbonyl (C=O) groups excluding carboxylic acids is 2. The van der Waals surface area contributed by atoms with Crippen molar-refractivity contribution in [1.82, 2.24) is 10.2 Å². The van der Waals surface area contributed by atoms with Gasteiger partial charge in [-0.05, 0) is 19.8 Å². The first-order valence-electron chi connectivity index (χ1n) is 6.38. The third-order valence-corrected chi connectivity index (χ3v) is 3.56. The summed E-state index contributed by atoms with van der Waals surface area (Å²) in [5.74, 6) is 0.281. The van der Waals surface area contributed by atoms with E-state index in [4.69, 9.17) is 4.74 Å². The van der Waals surface area contributed by atoms with Gasteiger partial charge in [0.1, 0.15) is 0 Å². The molecule has 0 aromatic carbocycles. The Morgan fingerprint density at radius 2 is 1.83 bits per heavy atom. The summed E-state index contributed by atoms with van der Waals surface area (Å²) in [5.41, 5.74) is 0. The van der Waals surface area contributed by atoms with Crippen molar-refractivity contribution in [3.63, 3.8) is 0 Å². The molecule has 2 fully saturated rings. The van der Waals surface area contributed by atoms with E-state index in [-0.39, 0.29) is 36.1 Å². The van der Waals surface area contributed by atoms with Crippen LogP contribution in [0.1, 0.15) is 19.8 Å². The van der Waals surface area contributed by atoms with Crippen molar-refractivity contribution in [2.24, 2.45) is 11.8 Å². The van der Waals surface area contributed by atoms with Crippen LogP contribution in [0.3, 0.4) is 0 Å². The third-order valence-electron chi connectivity index (χ3n) is 3.56. The number of hydrogen-bond acceptors (Lipinski definition) is 4. The fraction of sp³-hybridized carbons (Fsp3) is 0.833. The third kappa shape index (κ3) is 3.36. The highest BCUT2D eigenvalue weighted by molar-refractivity contribution is 5.85. The quantitative estimate of drug-likeness (QED) is 0.760. The zero-order chi connectivity index (χ0) is 12.3. The number of nitrogens with zero attached hydrogens (tertiary/aromatic N) is 1. The van der Waals surface area contributed by atoms with Gasteiger partial charge in [0.15, 0.2) is 0 Å². The summed E-state index contributed by atoms with van der Waals surface area (Å²) in [7, 11) is 0. The van der Waals surface area contributed by atoms with Gasteiger partial charge in [-0.2, -0.15) is 0 Å². The van der Waals surface area contributed by atoms with Gasteiger partial charge in [-0.3, -0.25) is 9.59 Å². The molecule has 2 aliphatic rings. The van der Waals surface area contributed by atoms with Crippen LogP contribution < -0.4 is 5.32 Å². The second-order valence-corrected chi connectivity index (χ2v) is 4.71. The van der Waals surface area contributed by atoms with Gasteiger partial charge in [0.25, 0.3) is 0 Å². The lowest BCUT2D eigenvalue weighted by molar-refractivity contribution is -0.152. The van der Waals surface area contributed by atoms with Crippen molar-refractivity contribution in [2.45, 2.75) is 19.8 Å². The maximum absolute atomic E-state index is 12.0. The van der Waals surface area contributed by atoms with Gasteiger partial charge in [-0.25, -0.2) is 0 Å². The van der Waals surface area contributed by atoms with E-state index >= 15 is 0 Å². The molecule has 0 aromatic heterocycles. The summed E-state index contributed by atoms with van der Waals surface area (Å²) in [6, 6.07) is 0. The molecule has 104 valence electrons. The Morgan fingerprint density at radius 3 is 2.28 bits per heavy atom. The molecule has 18 heavy (non-hydrogen) atoms. The van der Waals surface area contributed by atoms with E-state index in [9.17, 15) is 9.59 Å². The van der Waals surface area contributed by atoms with E-state index in [1.807, 2.05) is 11.8 Å². The molecule has 0 bridgehead atoms. The van der Waals surface area contributed by atoms with Crippen molar-refractivity contribution in [1.29, 1.82) is 0 Å². The van der Waals surface area contributed by atoms with E-state index in [0.29, 0.717) is 19.7 Å². The zero-order valence-electron chi connectivity index (χ0n) is 10.7. The van der Waals surface area contributed by atoms with Crippen LogP contribution >= 0.6 is 12.4 Å². The predicted octanol–water partition coefficient (Wildman–Crippen LogP) is 0.429. The first-order valence-corrected chi connectivity index (χ1v) is 6.38. The van der Waals surface area contributed by atoms with Gasteiger partial charge in [0.05, 0.1) is 18.4 Å². The average molecular weight is 277 g/mol. The Kier molecular flexibility index (Phi) is 5.88. The lowest BCUT2D eigenvalue weighted by atomic mass is 9.94. The fourth-order valence-corrected chi connectivity index (χ4v) is 2.32. The van der Waals surface area contributed by atoms with Crippen molar-refractivity contribution >= 4 is 24.3 Å². The van der Waals surface area contributed by atoms with E-state index < -0.39 is 0 Å². The van der Waals surface area contributed by atoms with Crippen molar-refractivity contribution in [2.75, 3.05) is 32.8 Å². The zero-order valence-corrected chi connectivity index (χ0v) is 11.5. The van der Waals surface area contributed by atoms with E-state index in [1.54, 1.807) is 0 Å². The second-order valence-electron chi connectivity index (χ2n) is 4.71. The highest BCUT2D eigenvalue weighted by atomic mass is 35.5. The van der Waals surface area contributed by atoms with Crippen LogP contribution in [0.15, 0.2) is 0 Å². The van der Waals surface area contributed by atoms with Gasteiger partial charge >= 0.3 is 5.97 Å². The standard InChI is InChI=1S/C12H20N2O3.ClH/c1-2-17-12(16)9-3-5-14(6-4-9)11(15)10-7-13-8-10;/h9-10,13H,2-8H2,1H3;1H. The fourth-order valence-electron chi connectivity index (χ4n) is 2.32. The topological polar surface area (TPSA) is 58.6 Å². The Labute approximate surface area is 114 Å². The molecular formula is C12H21ClN2O3. The molecule has 2 saturated heterocycles. The summed E-state index contributed by atoms with van der Waals surface area (Å²) in [6.45, 7) is 5.25. The average Bonchev–Trinajstić information content (AvgIpc) is 2.27. The first-order chi connectivity index (χ1) is 8.22. The molecule has 1 N–H and O–H groups in total. The number of nitrogens with one attached hydrogen (secondary N) is 1. The Hall–Kier alpha value is -0.810. The van der Waals surface area contributed by atoms with Crippen LogP contribution in [-0.4, -0.2) is 49.6 Å². The number of esters is 1. The maximum Gasteiger partial charge on any atom is 0.309 e. The van der Waals surface area contributed by atoms with E-state index in [2.05, 4.69) is 5.32 Å². The molecule has 0 spiro atoms. The minimum absolute atomic E-state index is 0. The first kappa shape index (κ1) is 15.2. The largest absolute Gasteiger partial charge is 0.466 e. The number of carbonyl (C=O) groups is 2. The number of ether oxygens (including phenoxy) is 1. The molecular weight excluding hydrogens is 256 g/mol. The number of likely N-dealkylation sites (tertiary alicyclic amines) is 1. The summed E-state index contributed by atoms with van der Waals surface area (Å²) in [4.78, 5) is 25.4. The molecule has 0 radical (unpaired) electrons. The van der Waals surface area contributed by atoms with Crippen LogP contribution in [0.5, 0.6) is 0 Å². The number of hydrogen-bond donors (Lipinski definition) is 1. The molecule has 2 rings (SSSR count). The molecule has 0 aliphatic carbocycles. The van der Waals surface area contributed by atoms with Crippen LogP contribution in [0.25, 0.3) is 0 Å². The van der Waals surface area contributed by atoms with Crippen LogP contribution in [0.4, 0.5) is 0 Å². The Bertz CT molecular complexity index is 300. The van der Waals surface area contributed by atoms with Crippen molar-refractivity contribution in [3.8, 4) is 0 Å². The molecule has 2 aliphatic heterocycles. The Morgan fingerprint density at radius 1 is 1.22 bits per heavy atom. The normalized spacial score (nSPS) is 20.8. The predicted molar refractivity (Wildman–Crippen MR) is 69.5 cm³/mol. The van der Waals surface area contributed by atoms with Gasteiger partial charge in [-0.1, -0.05) is 0 Å². The molecule has 0 aromatic rings. The molecule has 0 saturated carbocycles. The molecule has 6 heteroatoms. The summed E-state index contributed by atoms with van der Waals surface area (Å²) in [5, 5.41) is 3.10. The molecule has 0 atom stereocenters. The van der Waals surface area contributed by atoms with E-state index in [1.165, 1.54) is 0 Å². The van der Waals surface area contributed by atoms with E-state index in [0.717, 1.165) is 25.9 Å². The number of piperidine rings is 1. The number of amides is 1. The maximum atomic E-state index is 12.0. The monoisotopic (exact) mass is 276 g/mol. The second kappa shape index (κ2) is 6.95. The van der Waals surface area contributed by atoms with Gasteiger partial charge in [-0.15, -0.1) is 12.4 Å². The smallest absolute Gasteiger partial charge is 0.309 e. The highest BCUT2D eigenvalue weighted by Gasteiger charge is 2.33. The lowest BCUT2D eigenvalue weighted by Gasteiger charge is -2.36. The lowest BCUT2D eigenvalue weighted by Crippen LogP contribution is -2.53. The van der Waals surface area contributed by atoms with Gasteiger partial charge < -0.3 is 15.0 Å². The Balaban J connectivity index is 0.00000162. The summed E-state index contributed by atoms with van der Waals surface area (Å²) >= 11 is 0. The highest BCUT2D eigenvalue weighted by Crippen LogP contribution is 2.20. The van der Waals surface area contributed by atoms with Gasteiger partial charge in [0, 0.05) is 26.2 Å². The van der Waals surface area contributed by atoms with Crippen LogP contribution in [0, 0.1) is 11.8 Å². The number of rotatable bonds is 3. The molecule has 0 unspecified atom stereocenters. The molecule has 5 nitrogen and oxygen atoms in total. The van der Waals surface area contributed by atoms with Crippen LogP contribution in [-0.2, 0) is 14.3 Å². The summed E-state index contributed by atoms with van der Waals surface area (Å²) < 4.78 is 5.00. The number of halogens is 1. The molecule has 2 heterocycles. The minimum atomic E-state index is -0.107. The van der Waals surface area contributed by atoms with Crippen LogP contribution in [0.2, 0.25) is 0 Å². The van der Waals surface area contributed by atoms with Gasteiger partial charge in [0.2, 0.25) is 5.91 Å². The van der Waals surface area contributed by atoms with Crippen molar-refractivity contribution in [3.05, 3.63) is 0 Å². The molecule has 1 amide bonds. The minimum Gasteiger partial charge on any atom is -0.466 e. The van der Waals surface area contributed by atoms with Crippen molar-refractivity contribution < 1.29 is 14.3 Å².